The van der Waals surface area contributed by atoms with Gasteiger partial charge in [-0.25, -0.2) is 0 Å². The number of ether oxygens (including phenoxy) is 1. The Morgan fingerprint density at radius 2 is 0.753 bits per heavy atom. The highest BCUT2D eigenvalue weighted by atomic mass is 31.2. The van der Waals surface area contributed by atoms with E-state index in [1.165, 1.54) is 244 Å². The number of hydrogen-bond donors (Lipinski definition) is 1. The molecule has 0 heterocycles. The molecule has 0 spiro atoms. The highest BCUT2D eigenvalue weighted by Gasteiger charge is 2.27. The molecule has 1 amide bonds. The van der Waals surface area contributed by atoms with E-state index in [2.05, 4.69) is 62.5 Å². The molecule has 0 radical (unpaired) electrons. The van der Waals surface area contributed by atoms with Crippen molar-refractivity contribution in [3.8, 4) is 0 Å². The number of nitrogens with one attached hydrogen (secondary N) is 1. The van der Waals surface area contributed by atoms with E-state index in [1.54, 1.807) is 0 Å². The van der Waals surface area contributed by atoms with Gasteiger partial charge in [0.15, 0.2) is 0 Å². The summed E-state index contributed by atoms with van der Waals surface area (Å²) in [6.07, 6.45) is 76.6. The van der Waals surface area contributed by atoms with Gasteiger partial charge in [-0.1, -0.05) is 288 Å². The Morgan fingerprint density at radius 3 is 1.15 bits per heavy atom. The number of allylic oxidation sites excluding steroid dienone is 7. The largest absolute Gasteiger partial charge is 0.756 e. The molecule has 0 aliphatic heterocycles. The molecule has 0 aliphatic rings. The van der Waals surface area contributed by atoms with Gasteiger partial charge >= 0.3 is 5.97 Å². The quantitative estimate of drug-likeness (QED) is 0.0212. The molecule has 0 aromatic rings. The molecule has 0 rings (SSSR count). The van der Waals surface area contributed by atoms with E-state index < -0.39 is 20.0 Å². The summed E-state index contributed by atoms with van der Waals surface area (Å²) >= 11 is 0. The van der Waals surface area contributed by atoms with Crippen molar-refractivity contribution in [3.63, 3.8) is 0 Å². The first-order valence-corrected chi connectivity index (χ1v) is 36.4. The Hall–Kier alpha value is -2.03. The van der Waals surface area contributed by atoms with Crippen molar-refractivity contribution in [1.82, 2.24) is 5.32 Å². The molecule has 0 bridgehead atoms. The van der Waals surface area contributed by atoms with E-state index in [0.717, 1.165) is 64.2 Å². The maximum Gasteiger partial charge on any atom is 0.306 e. The van der Waals surface area contributed by atoms with Crippen molar-refractivity contribution in [2.75, 3.05) is 40.9 Å². The lowest BCUT2D eigenvalue weighted by Crippen LogP contribution is -2.47. The average molecular weight is 1160 g/mol. The summed E-state index contributed by atoms with van der Waals surface area (Å²) < 4.78 is 30.4. The Labute approximate surface area is 503 Å². The number of carbonyl (C=O) groups excluding carboxylic acids is 2. The van der Waals surface area contributed by atoms with Gasteiger partial charge in [0.25, 0.3) is 7.82 Å². The van der Waals surface area contributed by atoms with E-state index in [9.17, 15) is 19.0 Å². The van der Waals surface area contributed by atoms with Crippen LogP contribution < -0.4 is 10.2 Å². The van der Waals surface area contributed by atoms with Crippen LogP contribution in [0.5, 0.6) is 0 Å². The number of rotatable bonds is 64. The standard InChI is InChI=1S/C71H135N2O7P/c1-7-10-13-16-19-22-25-27-29-31-33-35-36-38-40-42-44-46-49-52-55-58-61-64-71(75)80-69(62-59-56-53-50-47-24-21-18-15-12-9-3)68(67-79-81(76,77)78-66-65-73(4,5)6)72-70(74)63-60-57-54-51-48-45-43-41-39-37-34-32-30-28-26-23-20-17-14-11-8-2/h19,22,27-30,59,62,68-69H,7-18,20-21,23-26,31-58,60-61,63-67H2,1-6H3,(H-,72,74,76,77)/b22-19-,29-27-,30-28+,62-59+. The highest BCUT2D eigenvalue weighted by molar-refractivity contribution is 7.45. The monoisotopic (exact) mass is 1160 g/mol. The number of phosphoric acid groups is 1. The Kier molecular flexibility index (Phi) is 59.5. The van der Waals surface area contributed by atoms with Gasteiger partial charge in [0, 0.05) is 12.8 Å². The minimum Gasteiger partial charge on any atom is -0.756 e. The lowest BCUT2D eigenvalue weighted by atomic mass is 10.0. The van der Waals surface area contributed by atoms with Gasteiger partial charge < -0.3 is 28.5 Å². The normalized spacial score (nSPS) is 13.8. The average Bonchev–Trinajstić information content (AvgIpc) is 3.44. The van der Waals surface area contributed by atoms with Gasteiger partial charge in [-0.3, -0.25) is 14.2 Å². The summed E-state index contributed by atoms with van der Waals surface area (Å²) in [5, 5.41) is 3.04. The first-order chi connectivity index (χ1) is 39.4. The minimum atomic E-state index is -4.70. The van der Waals surface area contributed by atoms with Crippen LogP contribution in [0, 0.1) is 0 Å². The van der Waals surface area contributed by atoms with Gasteiger partial charge in [0.05, 0.1) is 33.8 Å². The van der Waals surface area contributed by atoms with Gasteiger partial charge in [0.1, 0.15) is 19.3 Å². The van der Waals surface area contributed by atoms with Gasteiger partial charge in [-0.2, -0.15) is 0 Å². The number of likely N-dealkylation sites (N-methyl/N-ethyl adjacent to an activating group) is 1. The summed E-state index contributed by atoms with van der Waals surface area (Å²) in [7, 11) is 1.20. The van der Waals surface area contributed by atoms with Crippen LogP contribution in [0.25, 0.3) is 0 Å². The van der Waals surface area contributed by atoms with Gasteiger partial charge in [-0.15, -0.1) is 0 Å². The number of phosphoric ester groups is 1. The zero-order valence-corrected chi connectivity index (χ0v) is 55.4. The molecule has 0 aliphatic carbocycles. The Balaban J connectivity index is 5.04. The zero-order chi connectivity index (χ0) is 59.3. The molecule has 476 valence electrons. The van der Waals surface area contributed by atoms with Crippen LogP contribution in [-0.4, -0.2) is 69.4 Å². The Morgan fingerprint density at radius 1 is 0.432 bits per heavy atom. The van der Waals surface area contributed by atoms with Crippen molar-refractivity contribution in [2.24, 2.45) is 0 Å². The fourth-order valence-electron chi connectivity index (χ4n) is 10.3. The van der Waals surface area contributed by atoms with Crippen molar-refractivity contribution in [3.05, 3.63) is 48.6 Å². The number of amides is 1. The highest BCUT2D eigenvalue weighted by Crippen LogP contribution is 2.38. The maximum atomic E-state index is 13.6. The topological polar surface area (TPSA) is 114 Å². The molecule has 9 nitrogen and oxygen atoms in total. The third-order valence-corrected chi connectivity index (χ3v) is 16.7. The number of hydrogen-bond acceptors (Lipinski definition) is 7. The predicted octanol–water partition coefficient (Wildman–Crippen LogP) is 21.4. The smallest absolute Gasteiger partial charge is 0.306 e. The molecule has 3 unspecified atom stereocenters. The molecule has 0 aromatic heterocycles. The molecule has 10 heteroatoms. The molecule has 0 saturated heterocycles. The lowest BCUT2D eigenvalue weighted by Gasteiger charge is -2.30. The van der Waals surface area contributed by atoms with Crippen molar-refractivity contribution >= 4 is 19.7 Å². The van der Waals surface area contributed by atoms with E-state index in [1.807, 2.05) is 33.3 Å². The Bertz CT molecular complexity index is 1520. The van der Waals surface area contributed by atoms with Crippen LogP contribution in [0.2, 0.25) is 0 Å². The van der Waals surface area contributed by atoms with Crippen molar-refractivity contribution < 1.29 is 37.3 Å². The molecule has 1 N–H and O–H groups in total. The second-order valence-corrected chi connectivity index (χ2v) is 26.4. The second-order valence-electron chi connectivity index (χ2n) is 25.0. The zero-order valence-electron chi connectivity index (χ0n) is 54.5. The number of nitrogens with zero attached hydrogens (tertiary/aromatic N) is 1. The first-order valence-electron chi connectivity index (χ1n) is 34.9. The molecular formula is C71H135N2O7P. The van der Waals surface area contributed by atoms with Crippen LogP contribution in [0.4, 0.5) is 0 Å². The summed E-state index contributed by atoms with van der Waals surface area (Å²) in [5.74, 6) is -0.529. The molecule has 0 aromatic carbocycles. The molecule has 0 saturated carbocycles. The van der Waals surface area contributed by atoms with Gasteiger partial charge in [-0.05, 0) is 89.5 Å². The van der Waals surface area contributed by atoms with Gasteiger partial charge in [0.2, 0.25) is 5.91 Å². The molecular weight excluding hydrogens is 1020 g/mol. The summed E-state index contributed by atoms with van der Waals surface area (Å²) in [4.78, 5) is 40.1. The van der Waals surface area contributed by atoms with E-state index >= 15 is 0 Å². The fraction of sp³-hybridized carbons (Fsp3) is 0.859. The molecule has 81 heavy (non-hydrogen) atoms. The number of carbonyl (C=O) groups is 2. The maximum absolute atomic E-state index is 13.6. The first kappa shape index (κ1) is 79.0. The van der Waals surface area contributed by atoms with Crippen LogP contribution in [-0.2, 0) is 27.9 Å². The summed E-state index contributed by atoms with van der Waals surface area (Å²) in [5.41, 5.74) is 0. The van der Waals surface area contributed by atoms with Crippen LogP contribution in [0.1, 0.15) is 342 Å². The minimum absolute atomic E-state index is 0.0212. The third-order valence-electron chi connectivity index (χ3n) is 15.7. The number of quaternary nitrogens is 1. The van der Waals surface area contributed by atoms with Crippen LogP contribution in [0.3, 0.4) is 0 Å². The predicted molar refractivity (Wildman–Crippen MR) is 349 cm³/mol. The SMILES string of the molecule is CCCCC/C=C\C/C=C\CCCCCCCCCCCCCCCC(=O)OC(/C=C/CCCCCCCCCCC)C(COP(=O)([O-])OCC[N+](C)(C)C)NC(=O)CCCCCCCCCCCCC/C=C/CCCCCCCC. The number of esters is 1. The lowest BCUT2D eigenvalue weighted by molar-refractivity contribution is -0.870. The summed E-state index contributed by atoms with van der Waals surface area (Å²) in [6, 6.07) is -0.888. The third kappa shape index (κ3) is 62.3. The van der Waals surface area contributed by atoms with E-state index in [4.69, 9.17) is 13.8 Å². The summed E-state index contributed by atoms with van der Waals surface area (Å²) in [6.45, 7) is 6.85. The number of unbranched alkanes of at least 4 members (excludes halogenated alkanes) is 42. The fourth-order valence-corrected chi connectivity index (χ4v) is 11.0. The van der Waals surface area contributed by atoms with Crippen molar-refractivity contribution in [1.29, 1.82) is 0 Å². The van der Waals surface area contributed by atoms with Crippen LogP contribution >= 0.6 is 7.82 Å². The van der Waals surface area contributed by atoms with Crippen molar-refractivity contribution in [2.45, 2.75) is 354 Å². The van der Waals surface area contributed by atoms with E-state index in [0.29, 0.717) is 17.4 Å². The van der Waals surface area contributed by atoms with E-state index in [-0.39, 0.29) is 31.5 Å². The molecule has 0 fully saturated rings. The second kappa shape index (κ2) is 61.1. The molecule has 3 atom stereocenters. The van der Waals surface area contributed by atoms with Crippen LogP contribution in [0.15, 0.2) is 48.6 Å².